The molecule has 1 saturated heterocycles. The highest BCUT2D eigenvalue weighted by Crippen LogP contribution is 2.42. The third-order valence-corrected chi connectivity index (χ3v) is 5.22. The van der Waals surface area contributed by atoms with E-state index in [1.54, 1.807) is 36.4 Å². The predicted molar refractivity (Wildman–Crippen MR) is 116 cm³/mol. The molecule has 7 nitrogen and oxygen atoms in total. The van der Waals surface area contributed by atoms with Crippen LogP contribution in [0.1, 0.15) is 22.7 Å². The summed E-state index contributed by atoms with van der Waals surface area (Å²) in [5, 5.41) is 21.9. The van der Waals surface area contributed by atoms with E-state index in [0.29, 0.717) is 11.3 Å². The molecule has 3 aromatic rings. The van der Waals surface area contributed by atoms with Crippen molar-refractivity contribution in [3.05, 3.63) is 111 Å². The molecule has 3 aromatic carbocycles. The van der Waals surface area contributed by atoms with Gasteiger partial charge in [-0.3, -0.25) is 24.6 Å². The molecule has 1 heterocycles. The molecular formula is C24H18N2O5. The quantitative estimate of drug-likeness (QED) is 0.222. The molecular weight excluding hydrogens is 396 g/mol. The summed E-state index contributed by atoms with van der Waals surface area (Å²) in [4.78, 5) is 37.8. The number of aliphatic hydroxyl groups is 1. The van der Waals surface area contributed by atoms with Crippen molar-refractivity contribution < 1.29 is 19.6 Å². The molecule has 4 rings (SSSR count). The smallest absolute Gasteiger partial charge is 0.300 e. The van der Waals surface area contributed by atoms with E-state index < -0.39 is 22.7 Å². The number of hydrogen-bond donors (Lipinski definition) is 1. The molecule has 1 atom stereocenters. The second-order valence-electron chi connectivity index (χ2n) is 7.22. The van der Waals surface area contributed by atoms with Crippen LogP contribution in [0.5, 0.6) is 0 Å². The monoisotopic (exact) mass is 414 g/mol. The lowest BCUT2D eigenvalue weighted by molar-refractivity contribution is -0.384. The third-order valence-electron chi connectivity index (χ3n) is 5.22. The first-order valence-corrected chi connectivity index (χ1v) is 9.56. The van der Waals surface area contributed by atoms with Crippen LogP contribution in [-0.2, 0) is 9.59 Å². The first-order valence-electron chi connectivity index (χ1n) is 9.56. The topological polar surface area (TPSA) is 101 Å². The average Bonchev–Trinajstić information content (AvgIpc) is 3.05. The number of nitrogens with zero attached hydrogens (tertiary/aromatic N) is 2. The summed E-state index contributed by atoms with van der Waals surface area (Å²) in [7, 11) is 0. The molecule has 0 aliphatic carbocycles. The Labute approximate surface area is 178 Å². The zero-order chi connectivity index (χ0) is 22.1. The van der Waals surface area contributed by atoms with Crippen molar-refractivity contribution in [2.45, 2.75) is 13.0 Å². The van der Waals surface area contributed by atoms with Crippen molar-refractivity contribution in [2.24, 2.45) is 0 Å². The molecule has 1 amide bonds. The number of Topliss-reactive ketones (excluding diaryl/α,β-unsaturated/α-hetero) is 1. The van der Waals surface area contributed by atoms with Gasteiger partial charge < -0.3 is 5.11 Å². The van der Waals surface area contributed by atoms with Gasteiger partial charge in [-0.15, -0.1) is 0 Å². The summed E-state index contributed by atoms with van der Waals surface area (Å²) in [6.07, 6.45) is 0. The second-order valence-corrected chi connectivity index (χ2v) is 7.22. The number of non-ortho nitro benzene ring substituents is 1. The van der Waals surface area contributed by atoms with Crippen molar-refractivity contribution in [3.8, 4) is 0 Å². The number of aliphatic hydroxyl groups excluding tert-OH is 1. The Balaban J connectivity index is 1.90. The number of rotatable bonds is 4. The maximum atomic E-state index is 13.0. The zero-order valence-electron chi connectivity index (χ0n) is 16.6. The molecule has 0 aromatic heterocycles. The van der Waals surface area contributed by atoms with Gasteiger partial charge in [0.15, 0.2) is 0 Å². The Kier molecular flexibility index (Phi) is 5.09. The minimum atomic E-state index is -0.834. The Hall–Kier alpha value is -4.26. The van der Waals surface area contributed by atoms with E-state index in [4.69, 9.17) is 0 Å². The Morgan fingerprint density at radius 2 is 1.55 bits per heavy atom. The minimum absolute atomic E-state index is 0.0642. The molecule has 0 radical (unpaired) electrons. The van der Waals surface area contributed by atoms with Crippen molar-refractivity contribution in [2.75, 3.05) is 4.90 Å². The van der Waals surface area contributed by atoms with Crippen LogP contribution in [0.4, 0.5) is 11.4 Å². The van der Waals surface area contributed by atoms with Gasteiger partial charge in [0, 0.05) is 23.4 Å². The lowest BCUT2D eigenvalue weighted by atomic mass is 9.95. The molecule has 1 aliphatic rings. The molecule has 0 bridgehead atoms. The van der Waals surface area contributed by atoms with Crippen molar-refractivity contribution in [1.29, 1.82) is 0 Å². The normalized spacial score (nSPS) is 17.7. The molecule has 154 valence electrons. The lowest BCUT2D eigenvalue weighted by Crippen LogP contribution is -2.29. The number of carbonyl (C=O) groups excluding carboxylic acids is 2. The van der Waals surface area contributed by atoms with E-state index in [0.717, 1.165) is 5.56 Å². The van der Waals surface area contributed by atoms with Crippen LogP contribution in [0, 0.1) is 17.0 Å². The Morgan fingerprint density at radius 1 is 0.935 bits per heavy atom. The fraction of sp³-hybridized carbons (Fsp3) is 0.0833. The summed E-state index contributed by atoms with van der Waals surface area (Å²) in [5.41, 5.74) is 2.20. The number of nitro benzene ring substituents is 1. The van der Waals surface area contributed by atoms with Crippen LogP contribution in [0.25, 0.3) is 5.76 Å². The number of ketones is 1. The molecule has 31 heavy (non-hydrogen) atoms. The Morgan fingerprint density at radius 3 is 2.13 bits per heavy atom. The van der Waals surface area contributed by atoms with Crippen LogP contribution in [-0.4, -0.2) is 21.7 Å². The van der Waals surface area contributed by atoms with E-state index in [2.05, 4.69) is 0 Å². The molecule has 1 fully saturated rings. The number of amides is 1. The first-order chi connectivity index (χ1) is 14.9. The van der Waals surface area contributed by atoms with Crippen LogP contribution < -0.4 is 4.90 Å². The Bertz CT molecular complexity index is 1200. The summed E-state index contributed by atoms with van der Waals surface area (Å²) in [5.74, 6) is -1.94. The SMILES string of the molecule is Cc1ccc(N2C(=O)C(=O)C(=C(O)c3ccc([N+](=O)[O-])cc3)C2c2ccccc2)cc1. The van der Waals surface area contributed by atoms with Crippen LogP contribution in [0.3, 0.4) is 0 Å². The van der Waals surface area contributed by atoms with E-state index in [9.17, 15) is 24.8 Å². The predicted octanol–water partition coefficient (Wildman–Crippen LogP) is 4.53. The van der Waals surface area contributed by atoms with Gasteiger partial charge in [0.2, 0.25) is 0 Å². The summed E-state index contributed by atoms with van der Waals surface area (Å²) in [6, 6.07) is 20.5. The van der Waals surface area contributed by atoms with Crippen molar-refractivity contribution in [3.63, 3.8) is 0 Å². The molecule has 0 saturated carbocycles. The fourth-order valence-electron chi connectivity index (χ4n) is 3.65. The summed E-state index contributed by atoms with van der Waals surface area (Å²) < 4.78 is 0. The van der Waals surface area contributed by atoms with Gasteiger partial charge in [-0.1, -0.05) is 48.0 Å². The number of aryl methyl sites for hydroxylation is 1. The summed E-state index contributed by atoms with van der Waals surface area (Å²) >= 11 is 0. The molecule has 1 aliphatic heterocycles. The van der Waals surface area contributed by atoms with E-state index in [1.165, 1.54) is 29.2 Å². The maximum Gasteiger partial charge on any atom is 0.300 e. The molecule has 0 spiro atoms. The standard InChI is InChI=1S/C24H18N2O5/c1-15-7-11-18(12-8-15)25-21(16-5-3-2-4-6-16)20(23(28)24(25)29)22(27)17-9-13-19(14-10-17)26(30)31/h2-14,21,27H,1H3. The van der Waals surface area contributed by atoms with Gasteiger partial charge in [-0.25, -0.2) is 0 Å². The number of hydrogen-bond acceptors (Lipinski definition) is 5. The van der Waals surface area contributed by atoms with Gasteiger partial charge in [0.05, 0.1) is 16.5 Å². The number of benzene rings is 3. The highest BCUT2D eigenvalue weighted by molar-refractivity contribution is 6.51. The van der Waals surface area contributed by atoms with Gasteiger partial charge in [0.1, 0.15) is 5.76 Å². The highest BCUT2D eigenvalue weighted by atomic mass is 16.6. The largest absolute Gasteiger partial charge is 0.507 e. The molecule has 7 heteroatoms. The summed E-state index contributed by atoms with van der Waals surface area (Å²) in [6.45, 7) is 1.92. The van der Waals surface area contributed by atoms with Gasteiger partial charge >= 0.3 is 0 Å². The maximum absolute atomic E-state index is 13.0. The lowest BCUT2D eigenvalue weighted by Gasteiger charge is -2.25. The van der Waals surface area contributed by atoms with E-state index >= 15 is 0 Å². The van der Waals surface area contributed by atoms with Gasteiger partial charge in [-0.2, -0.15) is 0 Å². The van der Waals surface area contributed by atoms with Gasteiger partial charge in [0.25, 0.3) is 17.4 Å². The van der Waals surface area contributed by atoms with Crippen molar-refractivity contribution >= 4 is 28.8 Å². The van der Waals surface area contributed by atoms with Crippen LogP contribution in [0.2, 0.25) is 0 Å². The number of nitro groups is 1. The average molecular weight is 414 g/mol. The second kappa shape index (κ2) is 7.87. The van der Waals surface area contributed by atoms with Crippen molar-refractivity contribution in [1.82, 2.24) is 0 Å². The van der Waals surface area contributed by atoms with E-state index in [-0.39, 0.29) is 22.6 Å². The van der Waals surface area contributed by atoms with Crippen LogP contribution >= 0.6 is 0 Å². The number of carbonyl (C=O) groups is 2. The molecule has 1 N–H and O–H groups in total. The van der Waals surface area contributed by atoms with E-state index in [1.807, 2.05) is 25.1 Å². The fourth-order valence-corrected chi connectivity index (χ4v) is 3.65. The third kappa shape index (κ3) is 3.57. The molecule has 1 unspecified atom stereocenters. The van der Waals surface area contributed by atoms with Crippen LogP contribution in [0.15, 0.2) is 84.4 Å². The highest BCUT2D eigenvalue weighted by Gasteiger charge is 2.46. The number of anilines is 1. The zero-order valence-corrected chi connectivity index (χ0v) is 16.6. The van der Waals surface area contributed by atoms with Gasteiger partial charge in [-0.05, 0) is 36.8 Å². The first kappa shape index (κ1) is 20.0. The minimum Gasteiger partial charge on any atom is -0.507 e.